The van der Waals surface area contributed by atoms with E-state index in [1.165, 1.54) is 13.2 Å². The van der Waals surface area contributed by atoms with Crippen molar-refractivity contribution >= 4 is 11.9 Å². The average Bonchev–Trinajstić information content (AvgIpc) is 2.63. The highest BCUT2D eigenvalue weighted by Gasteiger charge is 2.05. The van der Waals surface area contributed by atoms with Crippen molar-refractivity contribution in [1.29, 1.82) is 0 Å². The average molecular weight is 329 g/mol. The number of aliphatic imine (C=N–C) groups is 1. The first kappa shape index (κ1) is 17.5. The second-order valence-electron chi connectivity index (χ2n) is 5.06. The minimum Gasteiger partial charge on any atom is -0.465 e. The highest BCUT2D eigenvalue weighted by atomic mass is 19.1. The second kappa shape index (κ2) is 8.67. The Morgan fingerprint density at radius 3 is 2.38 bits per heavy atom. The zero-order valence-electron chi connectivity index (χ0n) is 13.7. The fourth-order valence-corrected chi connectivity index (χ4v) is 2.10. The normalized spacial score (nSPS) is 11.0. The Hall–Kier alpha value is -2.89. The third-order valence-corrected chi connectivity index (χ3v) is 3.46. The van der Waals surface area contributed by atoms with E-state index in [0.717, 1.165) is 5.56 Å². The molecule has 0 unspecified atom stereocenters. The van der Waals surface area contributed by atoms with Crippen LogP contribution in [0.5, 0.6) is 0 Å². The van der Waals surface area contributed by atoms with Gasteiger partial charge in [-0.3, -0.25) is 4.99 Å². The Balaban J connectivity index is 1.87. The van der Waals surface area contributed by atoms with Gasteiger partial charge in [0, 0.05) is 25.7 Å². The summed E-state index contributed by atoms with van der Waals surface area (Å²) in [4.78, 5) is 15.5. The zero-order valence-corrected chi connectivity index (χ0v) is 13.7. The Morgan fingerprint density at radius 2 is 1.75 bits per heavy atom. The summed E-state index contributed by atoms with van der Waals surface area (Å²) < 4.78 is 18.3. The van der Waals surface area contributed by atoms with Crippen LogP contribution in [0.15, 0.2) is 53.5 Å². The van der Waals surface area contributed by atoms with E-state index in [9.17, 15) is 9.18 Å². The van der Waals surface area contributed by atoms with Gasteiger partial charge in [0.1, 0.15) is 5.82 Å². The molecule has 2 aromatic carbocycles. The van der Waals surface area contributed by atoms with Crippen LogP contribution in [0.3, 0.4) is 0 Å². The molecular weight excluding hydrogens is 309 g/mol. The summed E-state index contributed by atoms with van der Waals surface area (Å²) in [5.41, 5.74) is 2.06. The maximum absolute atomic E-state index is 13.6. The molecule has 2 N–H and O–H groups in total. The van der Waals surface area contributed by atoms with Crippen molar-refractivity contribution in [2.24, 2.45) is 4.99 Å². The molecule has 0 atom stereocenters. The minimum atomic E-state index is -0.364. The number of guanidine groups is 1. The van der Waals surface area contributed by atoms with Crippen LogP contribution < -0.4 is 10.6 Å². The van der Waals surface area contributed by atoms with Gasteiger partial charge in [-0.2, -0.15) is 0 Å². The standard InChI is InChI=1S/C18H20FN3O2/c1-20-18(22-12-15-5-3-4-6-16(15)19)21-11-13-7-9-14(10-8-13)17(23)24-2/h3-10H,11-12H2,1-2H3,(H2,20,21,22). The number of methoxy groups -OCH3 is 1. The molecular formula is C18H20FN3O2. The van der Waals surface area contributed by atoms with Gasteiger partial charge in [-0.25, -0.2) is 9.18 Å². The molecule has 0 amide bonds. The number of hydrogen-bond acceptors (Lipinski definition) is 3. The van der Waals surface area contributed by atoms with Crippen LogP contribution in [0.25, 0.3) is 0 Å². The number of nitrogens with zero attached hydrogens (tertiary/aromatic N) is 1. The van der Waals surface area contributed by atoms with Crippen LogP contribution in [0.1, 0.15) is 21.5 Å². The van der Waals surface area contributed by atoms with Gasteiger partial charge in [0.05, 0.1) is 12.7 Å². The van der Waals surface area contributed by atoms with Gasteiger partial charge < -0.3 is 15.4 Å². The van der Waals surface area contributed by atoms with E-state index in [1.807, 2.05) is 12.1 Å². The van der Waals surface area contributed by atoms with Crippen LogP contribution in [0, 0.1) is 5.82 Å². The molecule has 2 aromatic rings. The molecule has 0 saturated heterocycles. The van der Waals surface area contributed by atoms with Gasteiger partial charge in [-0.1, -0.05) is 30.3 Å². The molecule has 24 heavy (non-hydrogen) atoms. The van der Waals surface area contributed by atoms with Crippen LogP contribution in [-0.2, 0) is 17.8 Å². The van der Waals surface area contributed by atoms with Gasteiger partial charge in [-0.05, 0) is 23.8 Å². The number of hydrogen-bond donors (Lipinski definition) is 2. The van der Waals surface area contributed by atoms with Crippen molar-refractivity contribution in [3.63, 3.8) is 0 Å². The maximum Gasteiger partial charge on any atom is 0.337 e. The lowest BCUT2D eigenvalue weighted by atomic mass is 10.1. The fraction of sp³-hybridized carbons (Fsp3) is 0.222. The molecule has 6 heteroatoms. The van der Waals surface area contributed by atoms with Crippen molar-refractivity contribution < 1.29 is 13.9 Å². The smallest absolute Gasteiger partial charge is 0.337 e. The molecule has 126 valence electrons. The number of benzene rings is 2. The third-order valence-electron chi connectivity index (χ3n) is 3.46. The van der Waals surface area contributed by atoms with Crippen LogP contribution in [-0.4, -0.2) is 26.1 Å². The number of carbonyl (C=O) groups is 1. The van der Waals surface area contributed by atoms with E-state index in [4.69, 9.17) is 0 Å². The number of nitrogens with one attached hydrogen (secondary N) is 2. The molecule has 0 aliphatic rings. The zero-order chi connectivity index (χ0) is 17.4. The highest BCUT2D eigenvalue weighted by molar-refractivity contribution is 5.89. The number of ether oxygens (including phenoxy) is 1. The van der Waals surface area contributed by atoms with E-state index in [0.29, 0.717) is 30.2 Å². The molecule has 0 aliphatic heterocycles. The van der Waals surface area contributed by atoms with Crippen LogP contribution >= 0.6 is 0 Å². The van der Waals surface area contributed by atoms with E-state index in [-0.39, 0.29) is 11.8 Å². The van der Waals surface area contributed by atoms with Crippen LogP contribution in [0.4, 0.5) is 4.39 Å². The largest absolute Gasteiger partial charge is 0.465 e. The predicted molar refractivity (Wildman–Crippen MR) is 91.2 cm³/mol. The van der Waals surface area contributed by atoms with Crippen molar-refractivity contribution in [1.82, 2.24) is 10.6 Å². The van der Waals surface area contributed by atoms with Crippen LogP contribution in [0.2, 0.25) is 0 Å². The van der Waals surface area contributed by atoms with E-state index < -0.39 is 0 Å². The molecule has 0 radical (unpaired) electrons. The Bertz CT molecular complexity index is 714. The first-order chi connectivity index (χ1) is 11.6. The van der Waals surface area contributed by atoms with Crippen molar-refractivity contribution in [2.75, 3.05) is 14.2 Å². The summed E-state index contributed by atoms with van der Waals surface area (Å²) in [6.45, 7) is 0.867. The summed E-state index contributed by atoms with van der Waals surface area (Å²) in [6, 6.07) is 13.7. The molecule has 0 aliphatic carbocycles. The van der Waals surface area contributed by atoms with Crippen molar-refractivity contribution in [3.05, 3.63) is 71.0 Å². The van der Waals surface area contributed by atoms with Gasteiger partial charge in [-0.15, -0.1) is 0 Å². The molecule has 0 fully saturated rings. The summed E-state index contributed by atoms with van der Waals surface area (Å²) in [5.74, 6) is -0.0500. The summed E-state index contributed by atoms with van der Waals surface area (Å²) >= 11 is 0. The Morgan fingerprint density at radius 1 is 1.08 bits per heavy atom. The van der Waals surface area contributed by atoms with E-state index in [1.54, 1.807) is 37.4 Å². The highest BCUT2D eigenvalue weighted by Crippen LogP contribution is 2.06. The van der Waals surface area contributed by atoms with Gasteiger partial charge in [0.2, 0.25) is 0 Å². The fourth-order valence-electron chi connectivity index (χ4n) is 2.10. The number of carbonyl (C=O) groups excluding carboxylic acids is 1. The molecule has 0 spiro atoms. The first-order valence-electron chi connectivity index (χ1n) is 7.49. The summed E-state index contributed by atoms with van der Waals surface area (Å²) in [7, 11) is 3.00. The van der Waals surface area contributed by atoms with E-state index >= 15 is 0 Å². The maximum atomic E-state index is 13.6. The number of esters is 1. The minimum absolute atomic E-state index is 0.251. The predicted octanol–water partition coefficient (Wildman–Crippen LogP) is 2.48. The summed E-state index contributed by atoms with van der Waals surface area (Å²) in [5, 5.41) is 6.20. The molecule has 0 heterocycles. The lowest BCUT2D eigenvalue weighted by Crippen LogP contribution is -2.36. The molecule has 0 saturated carbocycles. The van der Waals surface area contributed by atoms with Gasteiger partial charge >= 0.3 is 5.97 Å². The number of halogens is 1. The van der Waals surface area contributed by atoms with Gasteiger partial charge in [0.25, 0.3) is 0 Å². The molecule has 0 bridgehead atoms. The Kier molecular flexibility index (Phi) is 6.31. The SMILES string of the molecule is CN=C(NCc1ccc(C(=O)OC)cc1)NCc1ccccc1F. The van der Waals surface area contributed by atoms with Crippen molar-refractivity contribution in [2.45, 2.75) is 13.1 Å². The Labute approximate surface area is 140 Å². The lowest BCUT2D eigenvalue weighted by Gasteiger charge is -2.12. The third kappa shape index (κ3) is 4.81. The van der Waals surface area contributed by atoms with Gasteiger partial charge in [0.15, 0.2) is 5.96 Å². The van der Waals surface area contributed by atoms with Crippen molar-refractivity contribution in [3.8, 4) is 0 Å². The monoisotopic (exact) mass is 329 g/mol. The van der Waals surface area contributed by atoms with E-state index in [2.05, 4.69) is 20.4 Å². The number of rotatable bonds is 5. The molecule has 2 rings (SSSR count). The lowest BCUT2D eigenvalue weighted by molar-refractivity contribution is 0.0600. The topological polar surface area (TPSA) is 62.7 Å². The summed E-state index contributed by atoms with van der Waals surface area (Å²) in [6.07, 6.45) is 0. The first-order valence-corrected chi connectivity index (χ1v) is 7.49. The molecule has 0 aromatic heterocycles. The molecule has 5 nitrogen and oxygen atoms in total. The second-order valence-corrected chi connectivity index (χ2v) is 5.06. The quantitative estimate of drug-likeness (QED) is 0.503.